The molecular weight excluding hydrogens is 376 g/mol. The summed E-state index contributed by atoms with van der Waals surface area (Å²) in [5.74, 6) is -0.247. The fourth-order valence-electron chi connectivity index (χ4n) is 3.34. The van der Waals surface area contributed by atoms with Gasteiger partial charge >= 0.3 is 0 Å². The molecule has 0 saturated heterocycles. The van der Waals surface area contributed by atoms with Crippen molar-refractivity contribution in [3.05, 3.63) is 77.6 Å². The lowest BCUT2D eigenvalue weighted by Gasteiger charge is -2.13. The Bertz CT molecular complexity index is 1190. The Morgan fingerprint density at radius 2 is 1.80 bits per heavy atom. The highest BCUT2D eigenvalue weighted by molar-refractivity contribution is 6.03. The number of aryl methyl sites for hydroxylation is 2. The van der Waals surface area contributed by atoms with Crippen LogP contribution in [0.3, 0.4) is 0 Å². The number of amides is 1. The largest absolute Gasteiger partial charge is 0.394 e. The third-order valence-corrected chi connectivity index (χ3v) is 5.07. The Balaban J connectivity index is 1.91. The zero-order valence-corrected chi connectivity index (χ0v) is 17.3. The summed E-state index contributed by atoms with van der Waals surface area (Å²) in [5, 5.41) is 17.6. The minimum Gasteiger partial charge on any atom is -0.394 e. The molecule has 0 aliphatic rings. The van der Waals surface area contributed by atoms with Crippen LogP contribution in [-0.4, -0.2) is 38.4 Å². The standard InChI is InChI=1S/C24H24N4O2/c1-15-4-7-19(8-5-15)28-23-11-18(24(30)27-17(3)14-29)10-20(21(23)13-26-28)22-9-6-16(2)12-25-22/h4-13,17,29H,14H2,1-3H3,(H,27,30)/t17-/m0/s1. The van der Waals surface area contributed by atoms with Gasteiger partial charge in [-0.2, -0.15) is 5.10 Å². The van der Waals surface area contributed by atoms with Gasteiger partial charge in [-0.15, -0.1) is 0 Å². The van der Waals surface area contributed by atoms with E-state index in [2.05, 4.69) is 15.4 Å². The molecule has 0 bridgehead atoms. The SMILES string of the molecule is Cc1ccc(-n2ncc3c(-c4ccc(C)cn4)cc(C(=O)N[C@@H](C)CO)cc32)cc1. The van der Waals surface area contributed by atoms with Crippen LogP contribution < -0.4 is 5.32 Å². The Hall–Kier alpha value is -3.51. The van der Waals surface area contributed by atoms with Crippen LogP contribution in [0.1, 0.15) is 28.4 Å². The molecule has 0 unspecified atom stereocenters. The van der Waals surface area contributed by atoms with Crippen molar-refractivity contribution in [3.63, 3.8) is 0 Å². The Morgan fingerprint density at radius 3 is 2.47 bits per heavy atom. The summed E-state index contributed by atoms with van der Waals surface area (Å²) in [4.78, 5) is 17.4. The summed E-state index contributed by atoms with van der Waals surface area (Å²) in [6, 6.07) is 15.4. The molecule has 0 aliphatic carbocycles. The quantitative estimate of drug-likeness (QED) is 0.534. The normalized spacial score (nSPS) is 12.1. The van der Waals surface area contributed by atoms with E-state index in [0.29, 0.717) is 5.56 Å². The number of aliphatic hydroxyl groups excluding tert-OH is 1. The van der Waals surface area contributed by atoms with Gasteiger partial charge < -0.3 is 10.4 Å². The van der Waals surface area contributed by atoms with Crippen molar-refractivity contribution in [2.75, 3.05) is 6.61 Å². The van der Waals surface area contributed by atoms with Crippen LogP contribution in [0.2, 0.25) is 0 Å². The molecule has 2 N–H and O–H groups in total. The monoisotopic (exact) mass is 400 g/mol. The number of hydrogen-bond acceptors (Lipinski definition) is 4. The number of carbonyl (C=O) groups excluding carboxylic acids is 1. The molecule has 6 nitrogen and oxygen atoms in total. The smallest absolute Gasteiger partial charge is 0.251 e. The number of rotatable bonds is 5. The number of hydrogen-bond donors (Lipinski definition) is 2. The van der Waals surface area contributed by atoms with Gasteiger partial charge in [-0.3, -0.25) is 9.78 Å². The van der Waals surface area contributed by atoms with Crippen molar-refractivity contribution in [2.45, 2.75) is 26.8 Å². The molecule has 1 atom stereocenters. The van der Waals surface area contributed by atoms with Crippen LogP contribution >= 0.6 is 0 Å². The second-order valence-corrected chi connectivity index (χ2v) is 7.63. The van der Waals surface area contributed by atoms with Crippen molar-refractivity contribution in [2.24, 2.45) is 0 Å². The lowest BCUT2D eigenvalue weighted by atomic mass is 10.0. The predicted octanol–water partition coefficient (Wildman–Crippen LogP) is 3.81. The molecular formula is C24H24N4O2. The highest BCUT2D eigenvalue weighted by Gasteiger charge is 2.17. The molecule has 0 fully saturated rings. The van der Waals surface area contributed by atoms with Crippen molar-refractivity contribution in [1.29, 1.82) is 0 Å². The third kappa shape index (κ3) is 3.82. The molecule has 0 aliphatic heterocycles. The molecule has 2 aromatic heterocycles. The van der Waals surface area contributed by atoms with Crippen molar-refractivity contribution >= 4 is 16.8 Å². The van der Waals surface area contributed by atoms with Crippen LogP contribution in [0, 0.1) is 13.8 Å². The fraction of sp³-hybridized carbons (Fsp3) is 0.208. The van der Waals surface area contributed by atoms with E-state index < -0.39 is 0 Å². The first-order chi connectivity index (χ1) is 14.5. The maximum absolute atomic E-state index is 12.8. The van der Waals surface area contributed by atoms with Gasteiger partial charge in [0.25, 0.3) is 5.91 Å². The third-order valence-electron chi connectivity index (χ3n) is 5.07. The number of nitrogens with one attached hydrogen (secondary N) is 1. The van der Waals surface area contributed by atoms with Crippen LogP contribution in [0.15, 0.2) is 60.9 Å². The van der Waals surface area contributed by atoms with Gasteiger partial charge in [0.15, 0.2) is 0 Å². The van der Waals surface area contributed by atoms with Gasteiger partial charge in [-0.25, -0.2) is 4.68 Å². The highest BCUT2D eigenvalue weighted by Crippen LogP contribution is 2.30. The minimum absolute atomic E-state index is 0.123. The summed E-state index contributed by atoms with van der Waals surface area (Å²) in [7, 11) is 0. The molecule has 2 heterocycles. The zero-order chi connectivity index (χ0) is 21.3. The van der Waals surface area contributed by atoms with Gasteiger partial charge in [0, 0.05) is 28.8 Å². The van der Waals surface area contributed by atoms with Gasteiger partial charge in [-0.1, -0.05) is 23.8 Å². The number of aromatic nitrogens is 3. The van der Waals surface area contributed by atoms with E-state index in [4.69, 9.17) is 0 Å². The van der Waals surface area contributed by atoms with Crippen molar-refractivity contribution in [3.8, 4) is 16.9 Å². The number of aliphatic hydroxyl groups is 1. The van der Waals surface area contributed by atoms with Crippen LogP contribution in [0.4, 0.5) is 0 Å². The van der Waals surface area contributed by atoms with Crippen LogP contribution in [0.5, 0.6) is 0 Å². The fourth-order valence-corrected chi connectivity index (χ4v) is 3.34. The van der Waals surface area contributed by atoms with E-state index in [1.54, 1.807) is 6.92 Å². The van der Waals surface area contributed by atoms with Crippen LogP contribution in [0.25, 0.3) is 27.8 Å². The molecule has 0 radical (unpaired) electrons. The van der Waals surface area contributed by atoms with E-state index >= 15 is 0 Å². The summed E-state index contributed by atoms with van der Waals surface area (Å²) >= 11 is 0. The van der Waals surface area contributed by atoms with Crippen molar-refractivity contribution < 1.29 is 9.90 Å². The zero-order valence-electron chi connectivity index (χ0n) is 17.3. The van der Waals surface area contributed by atoms with Gasteiger partial charge in [0.2, 0.25) is 0 Å². The molecule has 4 rings (SSSR count). The number of carbonyl (C=O) groups is 1. The molecule has 4 aromatic rings. The molecule has 0 spiro atoms. The van der Waals surface area contributed by atoms with E-state index in [1.807, 2.05) is 79.5 Å². The molecule has 2 aromatic carbocycles. The maximum Gasteiger partial charge on any atom is 0.251 e. The lowest BCUT2D eigenvalue weighted by Crippen LogP contribution is -2.35. The Labute approximate surface area is 175 Å². The molecule has 152 valence electrons. The maximum atomic E-state index is 12.8. The van der Waals surface area contributed by atoms with E-state index in [0.717, 1.165) is 39.0 Å². The first kappa shape index (κ1) is 19.8. The second kappa shape index (κ2) is 8.08. The molecule has 6 heteroatoms. The molecule has 0 saturated carbocycles. The molecule has 30 heavy (non-hydrogen) atoms. The van der Waals surface area contributed by atoms with Crippen LogP contribution in [-0.2, 0) is 0 Å². The number of nitrogens with zero attached hydrogens (tertiary/aromatic N) is 3. The topological polar surface area (TPSA) is 80.0 Å². The number of benzene rings is 2. The number of pyridine rings is 1. The molecule has 1 amide bonds. The first-order valence-electron chi connectivity index (χ1n) is 9.90. The summed E-state index contributed by atoms with van der Waals surface area (Å²) in [6.07, 6.45) is 3.62. The van der Waals surface area contributed by atoms with Gasteiger partial charge in [0.05, 0.1) is 29.7 Å². The van der Waals surface area contributed by atoms with Crippen molar-refractivity contribution in [1.82, 2.24) is 20.1 Å². The summed E-state index contributed by atoms with van der Waals surface area (Å²) in [5.41, 5.74) is 6.08. The lowest BCUT2D eigenvalue weighted by molar-refractivity contribution is 0.0922. The Kier molecular flexibility index (Phi) is 5.33. The van der Waals surface area contributed by atoms with Gasteiger partial charge in [-0.05, 0) is 56.7 Å². The van der Waals surface area contributed by atoms with E-state index in [1.165, 1.54) is 0 Å². The number of fused-ring (bicyclic) bond motifs is 1. The average molecular weight is 400 g/mol. The average Bonchev–Trinajstić information content (AvgIpc) is 3.18. The van der Waals surface area contributed by atoms with E-state index in [9.17, 15) is 9.90 Å². The Morgan fingerprint density at radius 1 is 1.07 bits per heavy atom. The predicted molar refractivity (Wildman–Crippen MR) is 118 cm³/mol. The summed E-state index contributed by atoms with van der Waals surface area (Å²) in [6.45, 7) is 5.66. The summed E-state index contributed by atoms with van der Waals surface area (Å²) < 4.78 is 1.83. The van der Waals surface area contributed by atoms with Gasteiger partial charge in [0.1, 0.15) is 0 Å². The minimum atomic E-state index is -0.337. The highest BCUT2D eigenvalue weighted by atomic mass is 16.3. The second-order valence-electron chi connectivity index (χ2n) is 7.63. The van der Waals surface area contributed by atoms with E-state index in [-0.39, 0.29) is 18.6 Å². The first-order valence-corrected chi connectivity index (χ1v) is 9.90.